The van der Waals surface area contributed by atoms with Crippen LogP contribution in [-0.2, 0) is 16.1 Å². The molecule has 0 unspecified atom stereocenters. The van der Waals surface area contributed by atoms with E-state index in [2.05, 4.69) is 18.1 Å². The Hall–Kier alpha value is -1.30. The molecule has 0 aliphatic rings. The van der Waals surface area contributed by atoms with Gasteiger partial charge in [-0.05, 0) is 18.4 Å². The zero-order valence-corrected chi connectivity index (χ0v) is 11.6. The minimum atomic E-state index is 0.381. The zero-order valence-electron chi connectivity index (χ0n) is 11.6. The average Bonchev–Trinajstić information content (AvgIpc) is 2.46. The summed E-state index contributed by atoms with van der Waals surface area (Å²) < 4.78 is 10.9. The van der Waals surface area contributed by atoms with Crippen LogP contribution >= 0.6 is 0 Å². The summed E-state index contributed by atoms with van der Waals surface area (Å²) in [5.74, 6) is 2.67. The van der Waals surface area contributed by atoms with Gasteiger partial charge in [0, 0.05) is 13.0 Å². The first kappa shape index (κ1) is 15.8. The van der Waals surface area contributed by atoms with E-state index in [4.69, 9.17) is 15.9 Å². The zero-order chi connectivity index (χ0) is 13.6. The highest BCUT2D eigenvalue weighted by atomic mass is 16.7. The number of unbranched alkanes of at least 4 members (excludes halogenated alkanes) is 5. The second kappa shape index (κ2) is 11.8. The highest BCUT2D eigenvalue weighted by Crippen LogP contribution is 2.05. The fourth-order valence-electron chi connectivity index (χ4n) is 1.81. The maximum Gasteiger partial charge on any atom is 0.147 e. The first-order valence-electron chi connectivity index (χ1n) is 7.06. The summed E-state index contributed by atoms with van der Waals surface area (Å²) in [6.45, 7) is 1.78. The smallest absolute Gasteiger partial charge is 0.147 e. The Kier molecular flexibility index (Phi) is 9.76. The summed E-state index contributed by atoms with van der Waals surface area (Å²) in [6.07, 6.45) is 12.0. The van der Waals surface area contributed by atoms with Gasteiger partial charge in [0.25, 0.3) is 0 Å². The molecule has 19 heavy (non-hydrogen) atoms. The van der Waals surface area contributed by atoms with Gasteiger partial charge >= 0.3 is 0 Å². The number of terminal acetylenes is 1. The first-order chi connectivity index (χ1) is 9.43. The minimum absolute atomic E-state index is 0.381. The Balaban J connectivity index is 1.80. The highest BCUT2D eigenvalue weighted by molar-refractivity contribution is 5.13. The van der Waals surface area contributed by atoms with E-state index in [1.54, 1.807) is 0 Å². The largest absolute Gasteiger partial charge is 0.355 e. The van der Waals surface area contributed by atoms with Gasteiger partial charge < -0.3 is 9.47 Å². The Labute approximate surface area is 117 Å². The van der Waals surface area contributed by atoms with Gasteiger partial charge in [0.2, 0.25) is 0 Å². The van der Waals surface area contributed by atoms with Gasteiger partial charge in [-0.25, -0.2) is 0 Å². The molecule has 0 fully saturated rings. The van der Waals surface area contributed by atoms with Crippen LogP contribution in [0, 0.1) is 12.3 Å². The van der Waals surface area contributed by atoms with Gasteiger partial charge in [0.05, 0.1) is 6.61 Å². The van der Waals surface area contributed by atoms with Crippen LogP contribution in [0.15, 0.2) is 30.3 Å². The Morgan fingerprint density at radius 3 is 2.42 bits per heavy atom. The van der Waals surface area contributed by atoms with Crippen molar-refractivity contribution >= 4 is 0 Å². The summed E-state index contributed by atoms with van der Waals surface area (Å²) in [5, 5.41) is 0. The molecule has 1 rings (SSSR count). The van der Waals surface area contributed by atoms with Crippen molar-refractivity contribution in [3.63, 3.8) is 0 Å². The van der Waals surface area contributed by atoms with Crippen LogP contribution in [0.5, 0.6) is 0 Å². The third-order valence-corrected chi connectivity index (χ3v) is 2.89. The van der Waals surface area contributed by atoms with E-state index in [0.29, 0.717) is 13.4 Å². The van der Waals surface area contributed by atoms with E-state index < -0.39 is 0 Å². The number of ether oxygens (including phenoxy) is 2. The van der Waals surface area contributed by atoms with E-state index in [0.717, 1.165) is 25.9 Å². The molecular weight excluding hydrogens is 236 g/mol. The Morgan fingerprint density at radius 2 is 1.63 bits per heavy atom. The van der Waals surface area contributed by atoms with Crippen LogP contribution in [0.1, 0.15) is 44.1 Å². The third-order valence-electron chi connectivity index (χ3n) is 2.89. The molecule has 2 nitrogen and oxygen atoms in total. The lowest BCUT2D eigenvalue weighted by Gasteiger charge is -2.06. The molecule has 0 radical (unpaired) electrons. The molecule has 2 heteroatoms. The van der Waals surface area contributed by atoms with Gasteiger partial charge in [0.15, 0.2) is 0 Å². The fraction of sp³-hybridized carbons (Fsp3) is 0.529. The summed E-state index contributed by atoms with van der Waals surface area (Å²) in [7, 11) is 0. The molecule has 0 atom stereocenters. The molecule has 0 spiro atoms. The lowest BCUT2D eigenvalue weighted by atomic mass is 10.1. The maximum absolute atomic E-state index is 5.43. The van der Waals surface area contributed by atoms with Crippen molar-refractivity contribution in [2.45, 2.75) is 45.1 Å². The van der Waals surface area contributed by atoms with Gasteiger partial charge in [0.1, 0.15) is 6.79 Å². The molecule has 0 aliphatic carbocycles. The second-order valence-electron chi connectivity index (χ2n) is 4.58. The fourth-order valence-corrected chi connectivity index (χ4v) is 1.81. The SMILES string of the molecule is C#CCCCCCCCOCOCc1ccccc1. The molecule has 0 bridgehead atoms. The lowest BCUT2D eigenvalue weighted by molar-refractivity contribution is -0.0623. The van der Waals surface area contributed by atoms with Crippen molar-refractivity contribution in [1.82, 2.24) is 0 Å². The molecule has 0 N–H and O–H groups in total. The van der Waals surface area contributed by atoms with Gasteiger partial charge in [-0.1, -0.05) is 49.6 Å². The molecule has 1 aromatic rings. The van der Waals surface area contributed by atoms with Crippen molar-refractivity contribution in [3.05, 3.63) is 35.9 Å². The predicted octanol–water partition coefficient (Wildman–Crippen LogP) is 4.15. The third kappa shape index (κ3) is 9.30. The van der Waals surface area contributed by atoms with Crippen LogP contribution in [0.25, 0.3) is 0 Å². The highest BCUT2D eigenvalue weighted by Gasteiger charge is 1.93. The van der Waals surface area contributed by atoms with E-state index in [1.807, 2.05) is 18.2 Å². The number of benzene rings is 1. The van der Waals surface area contributed by atoms with Gasteiger partial charge in [-0.15, -0.1) is 12.3 Å². The quantitative estimate of drug-likeness (QED) is 0.338. The standard InChI is InChI=1S/C17H24O2/c1-2-3-4-5-6-7-11-14-18-16-19-15-17-12-9-8-10-13-17/h1,8-10,12-13H,3-7,11,14-16H2. The van der Waals surface area contributed by atoms with Crippen molar-refractivity contribution in [1.29, 1.82) is 0 Å². The van der Waals surface area contributed by atoms with Gasteiger partial charge in [-0.2, -0.15) is 0 Å². The minimum Gasteiger partial charge on any atom is -0.355 e. The number of hydrogen-bond donors (Lipinski definition) is 0. The van der Waals surface area contributed by atoms with Crippen molar-refractivity contribution in [2.75, 3.05) is 13.4 Å². The number of hydrogen-bond acceptors (Lipinski definition) is 2. The van der Waals surface area contributed by atoms with E-state index >= 15 is 0 Å². The van der Waals surface area contributed by atoms with E-state index in [1.165, 1.54) is 24.8 Å². The van der Waals surface area contributed by atoms with Crippen LogP contribution < -0.4 is 0 Å². The molecule has 0 heterocycles. The topological polar surface area (TPSA) is 18.5 Å². The summed E-state index contributed by atoms with van der Waals surface area (Å²) in [4.78, 5) is 0. The molecular formula is C17H24O2. The van der Waals surface area contributed by atoms with E-state index in [-0.39, 0.29) is 0 Å². The van der Waals surface area contributed by atoms with Crippen LogP contribution in [0.3, 0.4) is 0 Å². The van der Waals surface area contributed by atoms with Crippen LogP contribution in [-0.4, -0.2) is 13.4 Å². The lowest BCUT2D eigenvalue weighted by Crippen LogP contribution is -2.01. The molecule has 0 amide bonds. The van der Waals surface area contributed by atoms with Crippen LogP contribution in [0.2, 0.25) is 0 Å². The average molecular weight is 260 g/mol. The second-order valence-corrected chi connectivity index (χ2v) is 4.58. The molecule has 0 aromatic heterocycles. The van der Waals surface area contributed by atoms with Crippen molar-refractivity contribution in [3.8, 4) is 12.3 Å². The molecule has 0 saturated carbocycles. The summed E-state index contributed by atoms with van der Waals surface area (Å²) >= 11 is 0. The summed E-state index contributed by atoms with van der Waals surface area (Å²) in [6, 6.07) is 10.1. The predicted molar refractivity (Wildman–Crippen MR) is 78.6 cm³/mol. The Morgan fingerprint density at radius 1 is 0.895 bits per heavy atom. The molecule has 0 aliphatic heterocycles. The van der Waals surface area contributed by atoms with Crippen LogP contribution in [0.4, 0.5) is 0 Å². The first-order valence-corrected chi connectivity index (χ1v) is 7.06. The van der Waals surface area contributed by atoms with Gasteiger partial charge in [-0.3, -0.25) is 0 Å². The van der Waals surface area contributed by atoms with Crippen molar-refractivity contribution < 1.29 is 9.47 Å². The Bertz CT molecular complexity index is 340. The monoisotopic (exact) mass is 260 g/mol. The molecule has 0 saturated heterocycles. The normalized spacial score (nSPS) is 10.3. The van der Waals surface area contributed by atoms with Crippen molar-refractivity contribution in [2.24, 2.45) is 0 Å². The molecule has 1 aromatic carbocycles. The maximum atomic E-state index is 5.43. The summed E-state index contributed by atoms with van der Waals surface area (Å²) in [5.41, 5.74) is 1.18. The number of rotatable bonds is 11. The molecule has 104 valence electrons. The van der Waals surface area contributed by atoms with E-state index in [9.17, 15) is 0 Å².